The summed E-state index contributed by atoms with van der Waals surface area (Å²) in [7, 11) is 0. The molecule has 1 aromatic carbocycles. The molecular formula is C11H13NO2. The smallest absolute Gasteiger partial charge is 0.238 e. The Balaban J connectivity index is 2.94. The largest absolute Gasteiger partial charge is 0.259 e. The lowest BCUT2D eigenvalue weighted by atomic mass is 10.0. The first-order valence-corrected chi connectivity index (χ1v) is 4.63. The SMILES string of the molecule is CCC/C(=C\[N+](=O)[O-])c1ccccc1. The molecule has 0 heterocycles. The lowest BCUT2D eigenvalue weighted by Crippen LogP contribution is -1.90. The molecule has 14 heavy (non-hydrogen) atoms. The highest BCUT2D eigenvalue weighted by molar-refractivity contribution is 5.64. The molecule has 0 aliphatic heterocycles. The van der Waals surface area contributed by atoms with E-state index >= 15 is 0 Å². The van der Waals surface area contributed by atoms with Crippen molar-refractivity contribution in [1.82, 2.24) is 0 Å². The van der Waals surface area contributed by atoms with Gasteiger partial charge in [0, 0.05) is 5.57 Å². The zero-order valence-corrected chi connectivity index (χ0v) is 8.14. The Kier molecular flexibility index (Phi) is 3.85. The van der Waals surface area contributed by atoms with Crippen molar-refractivity contribution < 1.29 is 4.92 Å². The predicted octanol–water partition coefficient (Wildman–Crippen LogP) is 3.10. The summed E-state index contributed by atoms with van der Waals surface area (Å²) in [6, 6.07) is 9.47. The van der Waals surface area contributed by atoms with Gasteiger partial charge in [-0.1, -0.05) is 43.7 Å². The second kappa shape index (κ2) is 5.17. The third-order valence-electron chi connectivity index (χ3n) is 1.93. The molecule has 0 atom stereocenters. The molecule has 0 fully saturated rings. The van der Waals surface area contributed by atoms with Crippen LogP contribution in [0.2, 0.25) is 0 Å². The van der Waals surface area contributed by atoms with Crippen molar-refractivity contribution >= 4 is 5.57 Å². The molecule has 1 aromatic rings. The molecule has 1 rings (SSSR count). The van der Waals surface area contributed by atoms with E-state index in [4.69, 9.17) is 0 Å². The van der Waals surface area contributed by atoms with E-state index in [2.05, 4.69) is 0 Å². The van der Waals surface area contributed by atoms with Crippen LogP contribution in [0.3, 0.4) is 0 Å². The summed E-state index contributed by atoms with van der Waals surface area (Å²) in [5.74, 6) is 0. The van der Waals surface area contributed by atoms with Crippen LogP contribution >= 0.6 is 0 Å². The monoisotopic (exact) mass is 191 g/mol. The van der Waals surface area contributed by atoms with E-state index in [1.165, 1.54) is 0 Å². The second-order valence-corrected chi connectivity index (χ2v) is 3.06. The van der Waals surface area contributed by atoms with Crippen LogP contribution in [0.25, 0.3) is 5.57 Å². The van der Waals surface area contributed by atoms with Gasteiger partial charge in [-0.3, -0.25) is 10.1 Å². The molecule has 0 bridgehead atoms. The van der Waals surface area contributed by atoms with Crippen molar-refractivity contribution in [2.45, 2.75) is 19.8 Å². The molecule has 0 saturated carbocycles. The van der Waals surface area contributed by atoms with Gasteiger partial charge in [0.1, 0.15) is 0 Å². The number of benzene rings is 1. The first-order valence-electron chi connectivity index (χ1n) is 4.63. The molecule has 3 nitrogen and oxygen atoms in total. The van der Waals surface area contributed by atoms with Gasteiger partial charge in [-0.15, -0.1) is 0 Å². The van der Waals surface area contributed by atoms with E-state index in [-0.39, 0.29) is 0 Å². The van der Waals surface area contributed by atoms with Gasteiger partial charge in [0.05, 0.1) is 4.92 Å². The Bertz CT molecular complexity index is 330. The second-order valence-electron chi connectivity index (χ2n) is 3.06. The number of hydrogen-bond donors (Lipinski definition) is 0. The molecule has 0 unspecified atom stereocenters. The zero-order valence-electron chi connectivity index (χ0n) is 8.14. The van der Waals surface area contributed by atoms with Crippen LogP contribution in [-0.4, -0.2) is 4.92 Å². The normalized spacial score (nSPS) is 11.4. The van der Waals surface area contributed by atoms with Crippen LogP contribution in [-0.2, 0) is 0 Å². The fourth-order valence-corrected chi connectivity index (χ4v) is 1.33. The topological polar surface area (TPSA) is 43.1 Å². The maximum Gasteiger partial charge on any atom is 0.238 e. The van der Waals surface area contributed by atoms with Crippen LogP contribution in [0.4, 0.5) is 0 Å². The number of nitrogens with zero attached hydrogens (tertiary/aromatic N) is 1. The summed E-state index contributed by atoms with van der Waals surface area (Å²) >= 11 is 0. The summed E-state index contributed by atoms with van der Waals surface area (Å²) < 4.78 is 0. The van der Waals surface area contributed by atoms with Crippen LogP contribution in [0.1, 0.15) is 25.3 Å². The first-order chi connectivity index (χ1) is 6.74. The van der Waals surface area contributed by atoms with Crippen molar-refractivity contribution in [3.05, 3.63) is 52.2 Å². The predicted molar refractivity (Wildman–Crippen MR) is 56.3 cm³/mol. The maximum absolute atomic E-state index is 10.4. The maximum atomic E-state index is 10.4. The molecule has 0 N–H and O–H groups in total. The average Bonchev–Trinajstić information content (AvgIpc) is 2.18. The number of allylic oxidation sites excluding steroid dienone is 1. The quantitative estimate of drug-likeness (QED) is 0.542. The van der Waals surface area contributed by atoms with E-state index in [0.29, 0.717) is 0 Å². The van der Waals surface area contributed by atoms with Crippen LogP contribution in [0.15, 0.2) is 36.5 Å². The van der Waals surface area contributed by atoms with Crippen molar-refractivity contribution in [2.75, 3.05) is 0 Å². The van der Waals surface area contributed by atoms with E-state index in [1.807, 2.05) is 37.3 Å². The highest BCUT2D eigenvalue weighted by atomic mass is 16.6. The van der Waals surface area contributed by atoms with E-state index in [9.17, 15) is 10.1 Å². The minimum Gasteiger partial charge on any atom is -0.259 e. The minimum absolute atomic E-state index is 0.391. The Labute approximate surface area is 83.2 Å². The number of hydrogen-bond acceptors (Lipinski definition) is 2. The van der Waals surface area contributed by atoms with Gasteiger partial charge in [0.25, 0.3) is 0 Å². The first kappa shape index (κ1) is 10.4. The van der Waals surface area contributed by atoms with Crippen molar-refractivity contribution in [2.24, 2.45) is 0 Å². The molecule has 0 amide bonds. The Morgan fingerprint density at radius 1 is 1.43 bits per heavy atom. The Morgan fingerprint density at radius 2 is 2.07 bits per heavy atom. The fraction of sp³-hybridized carbons (Fsp3) is 0.273. The van der Waals surface area contributed by atoms with Crippen molar-refractivity contribution in [3.63, 3.8) is 0 Å². The van der Waals surface area contributed by atoms with Crippen molar-refractivity contribution in [1.29, 1.82) is 0 Å². The van der Waals surface area contributed by atoms with Crippen LogP contribution in [0, 0.1) is 10.1 Å². The van der Waals surface area contributed by atoms with Crippen LogP contribution < -0.4 is 0 Å². The third-order valence-corrected chi connectivity index (χ3v) is 1.93. The minimum atomic E-state index is -0.391. The van der Waals surface area contributed by atoms with E-state index in [0.717, 1.165) is 30.2 Å². The fourth-order valence-electron chi connectivity index (χ4n) is 1.33. The van der Waals surface area contributed by atoms with Gasteiger partial charge >= 0.3 is 0 Å². The Hall–Kier alpha value is -1.64. The highest BCUT2D eigenvalue weighted by Gasteiger charge is 2.04. The molecule has 0 saturated heterocycles. The van der Waals surface area contributed by atoms with Gasteiger partial charge in [0.2, 0.25) is 6.20 Å². The average molecular weight is 191 g/mol. The summed E-state index contributed by atoms with van der Waals surface area (Å²) in [5.41, 5.74) is 1.73. The standard InChI is InChI=1S/C11H13NO2/c1-2-6-11(9-12(13)14)10-7-4-3-5-8-10/h3-5,7-9H,2,6H2,1H3/b11-9+. The lowest BCUT2D eigenvalue weighted by Gasteiger charge is -2.02. The lowest BCUT2D eigenvalue weighted by molar-refractivity contribution is -0.401. The molecule has 0 spiro atoms. The molecule has 0 aliphatic rings. The Morgan fingerprint density at radius 3 is 2.57 bits per heavy atom. The van der Waals surface area contributed by atoms with Gasteiger partial charge in [-0.25, -0.2) is 0 Å². The number of nitro groups is 1. The molecule has 3 heteroatoms. The number of rotatable bonds is 4. The highest BCUT2D eigenvalue weighted by Crippen LogP contribution is 2.19. The summed E-state index contributed by atoms with van der Waals surface area (Å²) in [4.78, 5) is 10.00. The molecule has 0 radical (unpaired) electrons. The van der Waals surface area contributed by atoms with Gasteiger partial charge < -0.3 is 0 Å². The molecule has 0 aliphatic carbocycles. The van der Waals surface area contributed by atoms with Crippen LogP contribution in [0.5, 0.6) is 0 Å². The zero-order chi connectivity index (χ0) is 10.4. The summed E-state index contributed by atoms with van der Waals surface area (Å²) in [6.45, 7) is 2.01. The third kappa shape index (κ3) is 3.01. The van der Waals surface area contributed by atoms with Gasteiger partial charge in [-0.05, 0) is 12.0 Å². The summed E-state index contributed by atoms with van der Waals surface area (Å²) in [6.07, 6.45) is 2.75. The summed E-state index contributed by atoms with van der Waals surface area (Å²) in [5, 5.41) is 10.4. The van der Waals surface area contributed by atoms with E-state index < -0.39 is 4.92 Å². The van der Waals surface area contributed by atoms with Gasteiger partial charge in [0.15, 0.2) is 0 Å². The molecule has 74 valence electrons. The van der Waals surface area contributed by atoms with Crippen molar-refractivity contribution in [3.8, 4) is 0 Å². The van der Waals surface area contributed by atoms with E-state index in [1.54, 1.807) is 0 Å². The molecule has 0 aromatic heterocycles. The molecular weight excluding hydrogens is 178 g/mol. The van der Waals surface area contributed by atoms with Gasteiger partial charge in [-0.2, -0.15) is 0 Å².